The van der Waals surface area contributed by atoms with Gasteiger partial charge in [0.05, 0.1) is 18.6 Å². The fourth-order valence-electron chi connectivity index (χ4n) is 3.34. The number of carbonyl (C=O) groups excluding carboxylic acids is 1. The van der Waals surface area contributed by atoms with Crippen molar-refractivity contribution in [2.45, 2.75) is 31.5 Å². The summed E-state index contributed by atoms with van der Waals surface area (Å²) >= 11 is 5.95. The van der Waals surface area contributed by atoms with Crippen LogP contribution in [0.3, 0.4) is 0 Å². The quantitative estimate of drug-likeness (QED) is 0.779. The zero-order valence-electron chi connectivity index (χ0n) is 14.8. The molecule has 0 aromatic heterocycles. The molecule has 0 saturated carbocycles. The lowest BCUT2D eigenvalue weighted by Gasteiger charge is -2.46. The van der Waals surface area contributed by atoms with Crippen LogP contribution in [0.4, 0.5) is 9.18 Å². The fourth-order valence-corrected chi connectivity index (χ4v) is 3.47. The zero-order chi connectivity index (χ0) is 19.0. The Balaban J connectivity index is 1.40. The van der Waals surface area contributed by atoms with E-state index in [1.54, 1.807) is 23.2 Å². The van der Waals surface area contributed by atoms with Crippen molar-refractivity contribution in [3.05, 3.63) is 64.9 Å². The number of hydrogen-bond acceptors (Lipinski definition) is 3. The molecule has 5 nitrogen and oxygen atoms in total. The largest absolute Gasteiger partial charge is 0.486 e. The van der Waals surface area contributed by atoms with Crippen LogP contribution in [0, 0.1) is 5.82 Å². The lowest BCUT2D eigenvalue weighted by Crippen LogP contribution is -2.64. The summed E-state index contributed by atoms with van der Waals surface area (Å²) < 4.78 is 18.9. The zero-order valence-corrected chi connectivity index (χ0v) is 15.5. The molecule has 1 saturated heterocycles. The van der Waals surface area contributed by atoms with Crippen LogP contribution in [0.5, 0.6) is 5.75 Å². The predicted octanol–water partition coefficient (Wildman–Crippen LogP) is 4.48. The van der Waals surface area contributed by atoms with E-state index in [1.165, 1.54) is 17.1 Å². The second-order valence-corrected chi connectivity index (χ2v) is 7.17. The summed E-state index contributed by atoms with van der Waals surface area (Å²) in [5.74, 6) is 0.291. The van der Waals surface area contributed by atoms with Gasteiger partial charge in [-0.1, -0.05) is 23.7 Å². The van der Waals surface area contributed by atoms with Crippen molar-refractivity contribution < 1.29 is 13.9 Å². The van der Waals surface area contributed by atoms with Gasteiger partial charge < -0.3 is 9.64 Å². The molecular weight excluding hydrogens is 369 g/mol. The number of hydrogen-bond donors (Lipinski definition) is 0. The van der Waals surface area contributed by atoms with Gasteiger partial charge in [-0.3, -0.25) is 0 Å². The minimum Gasteiger partial charge on any atom is -0.486 e. The van der Waals surface area contributed by atoms with E-state index in [0.717, 1.165) is 5.56 Å². The molecule has 140 valence electrons. The van der Waals surface area contributed by atoms with Crippen LogP contribution in [-0.2, 0) is 0 Å². The summed E-state index contributed by atoms with van der Waals surface area (Å²) in [4.78, 5) is 14.7. The Labute approximate surface area is 162 Å². The third-order valence-corrected chi connectivity index (χ3v) is 5.29. The van der Waals surface area contributed by atoms with Gasteiger partial charge in [0, 0.05) is 17.7 Å². The van der Waals surface area contributed by atoms with Gasteiger partial charge in [-0.15, -0.1) is 0 Å². The highest BCUT2D eigenvalue weighted by atomic mass is 35.5. The molecule has 2 heterocycles. The molecule has 0 aliphatic carbocycles. The molecule has 0 spiro atoms. The standard InChI is InChI=1S/C20H19ClFN3O2/c1-13-19(27-17-8-6-16(22)7-9-17)12-24(13)20(26)25-18(10-11-23-25)14-2-4-15(21)5-3-14/h2-9,11,13,18-19H,10,12H2,1H3/t13-,18?,19-/m1/s1. The number of ether oxygens (including phenoxy) is 1. The highest BCUT2D eigenvalue weighted by molar-refractivity contribution is 6.30. The van der Waals surface area contributed by atoms with Crippen molar-refractivity contribution in [2.75, 3.05) is 6.54 Å². The summed E-state index contributed by atoms with van der Waals surface area (Å²) in [7, 11) is 0. The molecule has 2 aliphatic heterocycles. The Hall–Kier alpha value is -2.60. The Morgan fingerprint density at radius 1 is 1.19 bits per heavy atom. The van der Waals surface area contributed by atoms with Crippen molar-refractivity contribution >= 4 is 23.8 Å². The molecule has 7 heteroatoms. The lowest BCUT2D eigenvalue weighted by molar-refractivity contribution is -0.0197. The first kappa shape index (κ1) is 17.8. The van der Waals surface area contributed by atoms with Crippen molar-refractivity contribution in [3.8, 4) is 5.75 Å². The van der Waals surface area contributed by atoms with Gasteiger partial charge in [0.2, 0.25) is 0 Å². The highest BCUT2D eigenvalue weighted by Crippen LogP contribution is 2.33. The maximum absolute atomic E-state index is 13.0. The van der Waals surface area contributed by atoms with Crippen LogP contribution in [-0.4, -0.2) is 40.8 Å². The normalized spacial score (nSPS) is 24.0. The molecule has 1 unspecified atom stereocenters. The summed E-state index contributed by atoms with van der Waals surface area (Å²) in [5, 5.41) is 6.46. The first-order valence-corrected chi connectivity index (χ1v) is 9.20. The number of halogens is 2. The average molecular weight is 388 g/mol. The van der Waals surface area contributed by atoms with E-state index in [4.69, 9.17) is 16.3 Å². The summed E-state index contributed by atoms with van der Waals surface area (Å²) in [6.07, 6.45) is 2.30. The van der Waals surface area contributed by atoms with Crippen LogP contribution < -0.4 is 4.74 Å². The number of nitrogens with zero attached hydrogens (tertiary/aromatic N) is 3. The smallest absolute Gasteiger partial charge is 0.341 e. The van der Waals surface area contributed by atoms with Crippen molar-refractivity contribution in [3.63, 3.8) is 0 Å². The van der Waals surface area contributed by atoms with Gasteiger partial charge >= 0.3 is 6.03 Å². The molecule has 2 aliphatic rings. The fraction of sp³-hybridized carbons (Fsp3) is 0.300. The Bertz CT molecular complexity index is 857. The molecule has 2 aromatic rings. The van der Waals surface area contributed by atoms with Gasteiger partial charge in [0.1, 0.15) is 17.7 Å². The van der Waals surface area contributed by atoms with Gasteiger partial charge in [-0.2, -0.15) is 5.10 Å². The van der Waals surface area contributed by atoms with Crippen LogP contribution >= 0.6 is 11.6 Å². The minimum absolute atomic E-state index is 0.0933. The van der Waals surface area contributed by atoms with E-state index in [-0.39, 0.29) is 30.0 Å². The van der Waals surface area contributed by atoms with Crippen LogP contribution in [0.15, 0.2) is 53.6 Å². The molecule has 1 fully saturated rings. The number of amides is 2. The number of hydrazone groups is 1. The third kappa shape index (κ3) is 3.49. The first-order valence-electron chi connectivity index (χ1n) is 8.83. The molecule has 3 atom stereocenters. The number of carbonyl (C=O) groups is 1. The van der Waals surface area contributed by atoms with E-state index in [2.05, 4.69) is 5.10 Å². The van der Waals surface area contributed by atoms with E-state index in [0.29, 0.717) is 23.7 Å². The third-order valence-electron chi connectivity index (χ3n) is 5.03. The van der Waals surface area contributed by atoms with Crippen LogP contribution in [0.2, 0.25) is 5.02 Å². The molecule has 0 bridgehead atoms. The number of rotatable bonds is 3. The van der Waals surface area contributed by atoms with E-state index >= 15 is 0 Å². The van der Waals surface area contributed by atoms with E-state index in [9.17, 15) is 9.18 Å². The number of likely N-dealkylation sites (tertiary alicyclic amines) is 1. The monoisotopic (exact) mass is 387 g/mol. The van der Waals surface area contributed by atoms with Crippen molar-refractivity contribution in [1.29, 1.82) is 0 Å². The molecule has 2 amide bonds. The second kappa shape index (κ2) is 7.19. The summed E-state index contributed by atoms with van der Waals surface area (Å²) in [6, 6.07) is 13.0. The maximum atomic E-state index is 13.0. The summed E-state index contributed by atoms with van der Waals surface area (Å²) in [6.45, 7) is 2.41. The van der Waals surface area contributed by atoms with Crippen molar-refractivity contribution in [1.82, 2.24) is 9.91 Å². The Kier molecular flexibility index (Phi) is 4.74. The molecule has 27 heavy (non-hydrogen) atoms. The van der Waals surface area contributed by atoms with Gasteiger partial charge in [0.25, 0.3) is 0 Å². The molecule has 4 rings (SSSR count). The minimum atomic E-state index is -0.305. The molecule has 0 radical (unpaired) electrons. The molecular formula is C20H19ClFN3O2. The summed E-state index contributed by atoms with van der Waals surface area (Å²) in [5.41, 5.74) is 0.998. The maximum Gasteiger partial charge on any atom is 0.341 e. The topological polar surface area (TPSA) is 45.1 Å². The number of urea groups is 1. The first-order chi connectivity index (χ1) is 13.0. The lowest BCUT2D eigenvalue weighted by atomic mass is 10.0. The van der Waals surface area contributed by atoms with E-state index < -0.39 is 0 Å². The van der Waals surface area contributed by atoms with Gasteiger partial charge in [0.15, 0.2) is 0 Å². The van der Waals surface area contributed by atoms with Crippen LogP contribution in [0.1, 0.15) is 24.9 Å². The molecule has 0 N–H and O–H groups in total. The van der Waals surface area contributed by atoms with Crippen LogP contribution in [0.25, 0.3) is 0 Å². The SMILES string of the molecule is C[C@@H]1[C@H](Oc2ccc(F)cc2)CN1C(=O)N1N=CCC1c1ccc(Cl)cc1. The Morgan fingerprint density at radius 3 is 2.56 bits per heavy atom. The average Bonchev–Trinajstić information content (AvgIpc) is 3.16. The predicted molar refractivity (Wildman–Crippen MR) is 102 cm³/mol. The second-order valence-electron chi connectivity index (χ2n) is 6.73. The highest BCUT2D eigenvalue weighted by Gasteiger charge is 2.44. The van der Waals surface area contributed by atoms with Gasteiger partial charge in [-0.05, 0) is 48.9 Å². The number of benzene rings is 2. The van der Waals surface area contributed by atoms with E-state index in [1.807, 2.05) is 31.2 Å². The van der Waals surface area contributed by atoms with Gasteiger partial charge in [-0.25, -0.2) is 14.2 Å². The Morgan fingerprint density at radius 2 is 1.89 bits per heavy atom. The van der Waals surface area contributed by atoms with Crippen molar-refractivity contribution in [2.24, 2.45) is 5.10 Å². The molecule has 2 aromatic carbocycles.